The van der Waals surface area contributed by atoms with Gasteiger partial charge in [0.05, 0.1) is 18.7 Å². The van der Waals surface area contributed by atoms with Crippen LogP contribution in [-0.4, -0.2) is 42.2 Å². The fraction of sp³-hybridized carbons (Fsp3) is 0.562. The number of aliphatic hydroxyl groups excluding tert-OH is 1. The van der Waals surface area contributed by atoms with E-state index in [1.165, 1.54) is 0 Å². The Morgan fingerprint density at radius 3 is 2.62 bits per heavy atom. The van der Waals surface area contributed by atoms with Gasteiger partial charge in [0.15, 0.2) is 0 Å². The molecule has 1 amide bonds. The van der Waals surface area contributed by atoms with Gasteiger partial charge in [0.2, 0.25) is 5.91 Å². The number of amides is 1. The van der Waals surface area contributed by atoms with Crippen LogP contribution in [0.4, 0.5) is 0 Å². The summed E-state index contributed by atoms with van der Waals surface area (Å²) >= 11 is 3.41. The zero-order valence-corrected chi connectivity index (χ0v) is 14.1. The van der Waals surface area contributed by atoms with Crippen LogP contribution >= 0.6 is 15.9 Å². The van der Waals surface area contributed by atoms with E-state index in [2.05, 4.69) is 21.2 Å². The summed E-state index contributed by atoms with van der Waals surface area (Å²) in [4.78, 5) is 14.1. The number of likely N-dealkylation sites (N-methyl/N-ethyl adjacent to an activating group) is 1. The maximum atomic E-state index is 12.0. The molecule has 0 bridgehead atoms. The Balaban J connectivity index is 1.74. The SMILES string of the molecule is CC(NC(=O)CN(C)CC1CC(O)C1)c1ccc(Br)cc1. The second kappa shape index (κ2) is 7.38. The van der Waals surface area contributed by atoms with Crippen molar-refractivity contribution in [3.8, 4) is 0 Å². The molecule has 1 aliphatic rings. The summed E-state index contributed by atoms with van der Waals surface area (Å²) in [6, 6.07) is 7.98. The van der Waals surface area contributed by atoms with Gasteiger partial charge in [-0.15, -0.1) is 0 Å². The lowest BCUT2D eigenvalue weighted by Crippen LogP contribution is -2.42. The van der Waals surface area contributed by atoms with E-state index < -0.39 is 0 Å². The first kappa shape index (κ1) is 16.5. The minimum Gasteiger partial charge on any atom is -0.393 e. The highest BCUT2D eigenvalue weighted by Gasteiger charge is 2.28. The van der Waals surface area contributed by atoms with Crippen molar-refractivity contribution in [2.45, 2.75) is 31.9 Å². The number of carbonyl (C=O) groups is 1. The van der Waals surface area contributed by atoms with Gasteiger partial charge in [0, 0.05) is 11.0 Å². The Kier molecular flexibility index (Phi) is 5.79. The average molecular weight is 355 g/mol. The first-order chi connectivity index (χ1) is 9.94. The number of hydrogen-bond donors (Lipinski definition) is 2. The fourth-order valence-corrected chi connectivity index (χ4v) is 2.99. The van der Waals surface area contributed by atoms with Gasteiger partial charge >= 0.3 is 0 Å². The van der Waals surface area contributed by atoms with E-state index in [1.807, 2.05) is 43.1 Å². The molecule has 1 atom stereocenters. The standard InChI is InChI=1S/C16H23BrN2O2/c1-11(13-3-5-14(17)6-4-13)18-16(21)10-19(2)9-12-7-15(20)8-12/h3-6,11-12,15,20H,7-10H2,1-2H3,(H,18,21). The topological polar surface area (TPSA) is 52.6 Å². The molecule has 1 unspecified atom stereocenters. The van der Waals surface area contributed by atoms with Crippen molar-refractivity contribution in [2.24, 2.45) is 5.92 Å². The van der Waals surface area contributed by atoms with E-state index in [1.54, 1.807) is 0 Å². The van der Waals surface area contributed by atoms with Crippen LogP contribution < -0.4 is 5.32 Å². The van der Waals surface area contributed by atoms with Crippen molar-refractivity contribution in [2.75, 3.05) is 20.1 Å². The number of nitrogens with zero attached hydrogens (tertiary/aromatic N) is 1. The van der Waals surface area contributed by atoms with Gasteiger partial charge in [-0.2, -0.15) is 0 Å². The molecule has 116 valence electrons. The summed E-state index contributed by atoms with van der Waals surface area (Å²) in [6.07, 6.45) is 1.59. The lowest BCUT2D eigenvalue weighted by Gasteiger charge is -2.34. The van der Waals surface area contributed by atoms with Crippen LogP contribution in [0.1, 0.15) is 31.4 Å². The molecule has 5 heteroatoms. The Hall–Kier alpha value is -0.910. The van der Waals surface area contributed by atoms with Crippen LogP contribution in [0, 0.1) is 5.92 Å². The average Bonchev–Trinajstić information content (AvgIpc) is 2.37. The molecule has 1 saturated carbocycles. The quantitative estimate of drug-likeness (QED) is 0.824. The first-order valence-electron chi connectivity index (χ1n) is 7.35. The maximum absolute atomic E-state index is 12.0. The van der Waals surface area contributed by atoms with Gasteiger partial charge in [-0.3, -0.25) is 9.69 Å². The number of aliphatic hydroxyl groups is 1. The smallest absolute Gasteiger partial charge is 0.234 e. The third-order valence-electron chi connectivity index (χ3n) is 3.94. The zero-order chi connectivity index (χ0) is 15.4. The van der Waals surface area contributed by atoms with Gasteiger partial charge < -0.3 is 10.4 Å². The predicted octanol–water partition coefficient (Wildman–Crippen LogP) is 2.33. The predicted molar refractivity (Wildman–Crippen MR) is 86.9 cm³/mol. The highest BCUT2D eigenvalue weighted by atomic mass is 79.9. The van der Waals surface area contributed by atoms with Crippen LogP contribution in [0.3, 0.4) is 0 Å². The zero-order valence-electron chi connectivity index (χ0n) is 12.6. The molecule has 0 aliphatic heterocycles. The molecule has 1 aromatic carbocycles. The van der Waals surface area contributed by atoms with Crippen LogP contribution in [0.25, 0.3) is 0 Å². The third-order valence-corrected chi connectivity index (χ3v) is 4.47. The van der Waals surface area contributed by atoms with Crippen molar-refractivity contribution in [3.05, 3.63) is 34.3 Å². The molecule has 4 nitrogen and oxygen atoms in total. The Morgan fingerprint density at radius 1 is 1.43 bits per heavy atom. The van der Waals surface area contributed by atoms with E-state index in [0.717, 1.165) is 29.4 Å². The Labute approximate surface area is 134 Å². The molecule has 0 radical (unpaired) electrons. The fourth-order valence-electron chi connectivity index (χ4n) is 2.72. The summed E-state index contributed by atoms with van der Waals surface area (Å²) in [6.45, 7) is 3.26. The summed E-state index contributed by atoms with van der Waals surface area (Å²) in [5.41, 5.74) is 1.09. The van der Waals surface area contributed by atoms with Gasteiger partial charge in [-0.25, -0.2) is 0 Å². The monoisotopic (exact) mass is 354 g/mol. The lowest BCUT2D eigenvalue weighted by molar-refractivity contribution is -0.122. The normalized spacial score (nSPS) is 22.7. The van der Waals surface area contributed by atoms with Crippen LogP contribution in [0.2, 0.25) is 0 Å². The van der Waals surface area contributed by atoms with Crippen LogP contribution in [0.15, 0.2) is 28.7 Å². The molecule has 0 heterocycles. The van der Waals surface area contributed by atoms with Crippen molar-refractivity contribution in [3.63, 3.8) is 0 Å². The van der Waals surface area contributed by atoms with Gasteiger partial charge in [-0.05, 0) is 50.4 Å². The maximum Gasteiger partial charge on any atom is 0.234 e. The minimum absolute atomic E-state index is 0.00419. The van der Waals surface area contributed by atoms with Gasteiger partial charge in [-0.1, -0.05) is 28.1 Å². The lowest BCUT2D eigenvalue weighted by atomic mass is 9.82. The van der Waals surface area contributed by atoms with Gasteiger partial charge in [0.1, 0.15) is 0 Å². The summed E-state index contributed by atoms with van der Waals surface area (Å²) in [7, 11) is 1.95. The number of hydrogen-bond acceptors (Lipinski definition) is 3. The van der Waals surface area contributed by atoms with E-state index in [9.17, 15) is 9.90 Å². The third kappa shape index (κ3) is 5.09. The molecular weight excluding hydrogens is 332 g/mol. The Bertz CT molecular complexity index is 472. The summed E-state index contributed by atoms with van der Waals surface area (Å²) in [5, 5.41) is 12.3. The minimum atomic E-state index is -0.130. The molecule has 2 rings (SSSR count). The molecule has 1 aromatic rings. The number of halogens is 1. The first-order valence-corrected chi connectivity index (χ1v) is 8.14. The summed E-state index contributed by atoms with van der Waals surface area (Å²) in [5.74, 6) is 0.564. The molecule has 1 aliphatic carbocycles. The Morgan fingerprint density at radius 2 is 2.05 bits per heavy atom. The number of rotatable bonds is 6. The second-order valence-electron chi connectivity index (χ2n) is 6.03. The van der Waals surface area contributed by atoms with Crippen molar-refractivity contribution < 1.29 is 9.90 Å². The van der Waals surface area contributed by atoms with Crippen molar-refractivity contribution >= 4 is 21.8 Å². The van der Waals surface area contributed by atoms with E-state index in [-0.39, 0.29) is 18.1 Å². The van der Waals surface area contributed by atoms with Gasteiger partial charge in [0.25, 0.3) is 0 Å². The molecule has 1 fully saturated rings. The van der Waals surface area contributed by atoms with Crippen LogP contribution in [-0.2, 0) is 4.79 Å². The van der Waals surface area contributed by atoms with Crippen molar-refractivity contribution in [1.29, 1.82) is 0 Å². The number of carbonyl (C=O) groups excluding carboxylic acids is 1. The number of benzene rings is 1. The molecule has 0 aromatic heterocycles. The molecule has 0 spiro atoms. The molecular formula is C16H23BrN2O2. The van der Waals surface area contributed by atoms with E-state index >= 15 is 0 Å². The molecule has 21 heavy (non-hydrogen) atoms. The highest BCUT2D eigenvalue weighted by Crippen LogP contribution is 2.27. The van der Waals surface area contributed by atoms with Crippen LogP contribution in [0.5, 0.6) is 0 Å². The molecule has 0 saturated heterocycles. The second-order valence-corrected chi connectivity index (χ2v) is 6.94. The van der Waals surface area contributed by atoms with Crippen molar-refractivity contribution in [1.82, 2.24) is 10.2 Å². The molecule has 2 N–H and O–H groups in total. The number of nitrogens with one attached hydrogen (secondary N) is 1. The van der Waals surface area contributed by atoms with E-state index in [0.29, 0.717) is 12.5 Å². The van der Waals surface area contributed by atoms with E-state index in [4.69, 9.17) is 0 Å². The summed E-state index contributed by atoms with van der Waals surface area (Å²) < 4.78 is 1.03. The highest BCUT2D eigenvalue weighted by molar-refractivity contribution is 9.10. The largest absolute Gasteiger partial charge is 0.393 e.